The largest absolute Gasteiger partial charge is 0.376 e. The Hall–Kier alpha value is 0.0600. The molecule has 1 aromatic heterocycles. The maximum atomic E-state index is 6.09. The summed E-state index contributed by atoms with van der Waals surface area (Å²) in [5.74, 6) is 0. The van der Waals surface area contributed by atoms with Gasteiger partial charge in [0, 0.05) is 9.85 Å². The normalized spacial score (nSPS) is 24.9. The number of ether oxygens (including phenoxy) is 2. The number of rotatable bonds is 2. The van der Waals surface area contributed by atoms with Crippen molar-refractivity contribution < 1.29 is 9.47 Å². The predicted octanol–water partition coefficient (Wildman–Crippen LogP) is 1.93. The standard InChI is InChI=1S/C9H12BrNO2S/c10-7-5-14-4-6(7)9(11)8-3-12-1-2-13-8/h4-5,8-9H,1-3,11H2. The zero-order chi connectivity index (χ0) is 9.97. The van der Waals surface area contributed by atoms with Gasteiger partial charge < -0.3 is 15.2 Å². The lowest BCUT2D eigenvalue weighted by Gasteiger charge is -2.27. The summed E-state index contributed by atoms with van der Waals surface area (Å²) in [4.78, 5) is 0. The Labute approximate surface area is 95.3 Å². The van der Waals surface area contributed by atoms with E-state index in [4.69, 9.17) is 15.2 Å². The fourth-order valence-electron chi connectivity index (χ4n) is 1.44. The molecule has 14 heavy (non-hydrogen) atoms. The minimum Gasteiger partial charge on any atom is -0.376 e. The van der Waals surface area contributed by atoms with Crippen LogP contribution in [0.2, 0.25) is 0 Å². The van der Waals surface area contributed by atoms with Gasteiger partial charge in [0.25, 0.3) is 0 Å². The van der Waals surface area contributed by atoms with E-state index in [1.54, 1.807) is 11.3 Å². The van der Waals surface area contributed by atoms with Crippen LogP contribution in [0.4, 0.5) is 0 Å². The second kappa shape index (κ2) is 4.72. The summed E-state index contributed by atoms with van der Waals surface area (Å²) >= 11 is 5.10. The molecule has 2 atom stereocenters. The summed E-state index contributed by atoms with van der Waals surface area (Å²) in [5.41, 5.74) is 7.19. The van der Waals surface area contributed by atoms with Crippen molar-refractivity contribution in [3.63, 3.8) is 0 Å². The van der Waals surface area contributed by atoms with E-state index in [0.717, 1.165) is 10.0 Å². The van der Waals surface area contributed by atoms with Crippen molar-refractivity contribution in [1.29, 1.82) is 0 Å². The Morgan fingerprint density at radius 1 is 1.50 bits per heavy atom. The third kappa shape index (κ3) is 2.17. The maximum absolute atomic E-state index is 6.09. The summed E-state index contributed by atoms with van der Waals surface area (Å²) in [7, 11) is 0. The fourth-order valence-corrected chi connectivity index (χ4v) is 3.05. The average Bonchev–Trinajstić information content (AvgIpc) is 2.65. The van der Waals surface area contributed by atoms with E-state index in [9.17, 15) is 0 Å². The number of thiophene rings is 1. The van der Waals surface area contributed by atoms with Gasteiger partial charge in [-0.2, -0.15) is 11.3 Å². The van der Waals surface area contributed by atoms with Gasteiger partial charge in [-0.15, -0.1) is 0 Å². The van der Waals surface area contributed by atoms with Gasteiger partial charge in [-0.25, -0.2) is 0 Å². The number of nitrogens with two attached hydrogens (primary N) is 1. The van der Waals surface area contributed by atoms with Crippen LogP contribution >= 0.6 is 27.3 Å². The lowest BCUT2D eigenvalue weighted by atomic mass is 10.1. The molecule has 78 valence electrons. The van der Waals surface area contributed by atoms with Crippen LogP contribution in [0.5, 0.6) is 0 Å². The van der Waals surface area contributed by atoms with Gasteiger partial charge in [0.1, 0.15) is 6.10 Å². The van der Waals surface area contributed by atoms with Crippen molar-refractivity contribution >= 4 is 27.3 Å². The molecule has 1 saturated heterocycles. The molecule has 1 fully saturated rings. The predicted molar refractivity (Wildman–Crippen MR) is 59.5 cm³/mol. The molecule has 0 amide bonds. The molecule has 0 aromatic carbocycles. The highest BCUT2D eigenvalue weighted by atomic mass is 79.9. The third-order valence-corrected chi connectivity index (χ3v) is 4.00. The van der Waals surface area contributed by atoms with E-state index in [2.05, 4.69) is 15.9 Å². The second-order valence-corrected chi connectivity index (χ2v) is 4.78. The van der Waals surface area contributed by atoms with Crippen molar-refractivity contribution in [3.8, 4) is 0 Å². The maximum Gasteiger partial charge on any atom is 0.100 e. The van der Waals surface area contributed by atoms with E-state index in [1.807, 2.05) is 10.8 Å². The summed E-state index contributed by atoms with van der Waals surface area (Å²) < 4.78 is 11.9. The molecule has 3 nitrogen and oxygen atoms in total. The minimum atomic E-state index is -0.101. The molecule has 0 aliphatic carbocycles. The van der Waals surface area contributed by atoms with Crippen LogP contribution in [-0.2, 0) is 9.47 Å². The summed E-state index contributed by atoms with van der Waals surface area (Å²) in [5, 5.41) is 4.07. The van der Waals surface area contributed by atoms with Crippen LogP contribution in [0.1, 0.15) is 11.6 Å². The highest BCUT2D eigenvalue weighted by Gasteiger charge is 2.25. The first-order valence-electron chi connectivity index (χ1n) is 4.45. The first-order chi connectivity index (χ1) is 6.79. The lowest BCUT2D eigenvalue weighted by Crippen LogP contribution is -2.37. The first kappa shape index (κ1) is 10.6. The lowest BCUT2D eigenvalue weighted by molar-refractivity contribution is -0.0976. The van der Waals surface area contributed by atoms with Crippen molar-refractivity contribution in [1.82, 2.24) is 0 Å². The molecule has 0 spiro atoms. The highest BCUT2D eigenvalue weighted by Crippen LogP contribution is 2.29. The van der Waals surface area contributed by atoms with Gasteiger partial charge in [0.15, 0.2) is 0 Å². The molecule has 0 saturated carbocycles. The SMILES string of the molecule is NC(c1cscc1Br)C1COCCO1. The fraction of sp³-hybridized carbons (Fsp3) is 0.556. The molecule has 2 unspecified atom stereocenters. The second-order valence-electron chi connectivity index (χ2n) is 3.19. The summed E-state index contributed by atoms with van der Waals surface area (Å²) in [6.07, 6.45) is -0.0188. The van der Waals surface area contributed by atoms with E-state index in [-0.39, 0.29) is 12.1 Å². The zero-order valence-corrected chi connectivity index (χ0v) is 10.0. The number of hydrogen-bond acceptors (Lipinski definition) is 4. The zero-order valence-electron chi connectivity index (χ0n) is 7.61. The molecule has 1 aliphatic rings. The molecule has 1 aliphatic heterocycles. The van der Waals surface area contributed by atoms with Gasteiger partial charge in [0.2, 0.25) is 0 Å². The molecule has 1 aromatic rings. The van der Waals surface area contributed by atoms with Crippen molar-refractivity contribution in [3.05, 3.63) is 20.8 Å². The Kier molecular flexibility index (Phi) is 3.57. The molecule has 2 heterocycles. The highest BCUT2D eigenvalue weighted by molar-refractivity contribution is 9.10. The van der Waals surface area contributed by atoms with E-state index in [0.29, 0.717) is 19.8 Å². The van der Waals surface area contributed by atoms with Crippen LogP contribution < -0.4 is 5.73 Å². The molecule has 0 bridgehead atoms. The van der Waals surface area contributed by atoms with E-state index in [1.165, 1.54) is 0 Å². The van der Waals surface area contributed by atoms with Crippen LogP contribution in [0.3, 0.4) is 0 Å². The van der Waals surface area contributed by atoms with Crippen LogP contribution in [0, 0.1) is 0 Å². The Morgan fingerprint density at radius 2 is 2.36 bits per heavy atom. The van der Waals surface area contributed by atoms with E-state index < -0.39 is 0 Å². The Morgan fingerprint density at radius 3 is 2.93 bits per heavy atom. The quantitative estimate of drug-likeness (QED) is 0.899. The van der Waals surface area contributed by atoms with Gasteiger partial charge in [-0.3, -0.25) is 0 Å². The van der Waals surface area contributed by atoms with Crippen LogP contribution in [0.25, 0.3) is 0 Å². The van der Waals surface area contributed by atoms with Crippen LogP contribution in [0.15, 0.2) is 15.2 Å². The summed E-state index contributed by atoms with van der Waals surface area (Å²) in [6.45, 7) is 1.90. The van der Waals surface area contributed by atoms with Gasteiger partial charge in [-0.05, 0) is 26.9 Å². The molecule has 5 heteroatoms. The number of halogens is 1. The van der Waals surface area contributed by atoms with Gasteiger partial charge in [0.05, 0.1) is 25.9 Å². The average molecular weight is 278 g/mol. The van der Waals surface area contributed by atoms with Crippen molar-refractivity contribution in [2.24, 2.45) is 5.73 Å². The number of hydrogen-bond donors (Lipinski definition) is 1. The smallest absolute Gasteiger partial charge is 0.100 e. The molecular weight excluding hydrogens is 266 g/mol. The van der Waals surface area contributed by atoms with E-state index >= 15 is 0 Å². The molecular formula is C9H12BrNO2S. The molecule has 0 radical (unpaired) electrons. The molecule has 2 rings (SSSR count). The molecule has 2 N–H and O–H groups in total. The Bertz CT molecular complexity index is 299. The minimum absolute atomic E-state index is 0.0188. The topological polar surface area (TPSA) is 44.5 Å². The third-order valence-electron chi connectivity index (χ3n) is 2.24. The monoisotopic (exact) mass is 277 g/mol. The van der Waals surface area contributed by atoms with Crippen molar-refractivity contribution in [2.45, 2.75) is 12.1 Å². The summed E-state index contributed by atoms with van der Waals surface area (Å²) in [6, 6.07) is -0.101. The van der Waals surface area contributed by atoms with Gasteiger partial charge in [-0.1, -0.05) is 0 Å². The Balaban J connectivity index is 2.07. The van der Waals surface area contributed by atoms with Crippen LogP contribution in [-0.4, -0.2) is 25.9 Å². The van der Waals surface area contributed by atoms with Crippen molar-refractivity contribution in [2.75, 3.05) is 19.8 Å². The van der Waals surface area contributed by atoms with Gasteiger partial charge >= 0.3 is 0 Å². The first-order valence-corrected chi connectivity index (χ1v) is 6.19.